The van der Waals surface area contributed by atoms with E-state index in [2.05, 4.69) is 118 Å². The van der Waals surface area contributed by atoms with Crippen LogP contribution in [0.25, 0.3) is 11.4 Å². The first-order valence-corrected chi connectivity index (χ1v) is 11.3. The second-order valence-corrected chi connectivity index (χ2v) is 9.73. The van der Waals surface area contributed by atoms with Gasteiger partial charge in [0.05, 0.1) is 12.6 Å². The Hall–Kier alpha value is -2.49. The van der Waals surface area contributed by atoms with Crippen molar-refractivity contribution in [3.8, 4) is 11.4 Å². The third kappa shape index (κ3) is 3.08. The lowest BCUT2D eigenvalue weighted by Crippen LogP contribution is -2.50. The summed E-state index contributed by atoms with van der Waals surface area (Å²) >= 11 is 0. The highest BCUT2D eigenvalue weighted by Gasteiger charge is 2.47. The standard InChI is InChI=1S/C26H35BN3/c1-17(2)21-12-10-13-22(18(3)4)25(21)30-23-14-9-11-20(7)24(23)26-28(8)15-16-29(26)27(30)19(5)6/h9-19H,1-8H3/q+1. The summed E-state index contributed by atoms with van der Waals surface area (Å²) in [5, 5.41) is 0. The number of aryl methyl sites for hydroxylation is 2. The van der Waals surface area contributed by atoms with Crippen LogP contribution in [0.15, 0.2) is 48.8 Å². The van der Waals surface area contributed by atoms with Gasteiger partial charge in [-0.15, -0.1) is 0 Å². The Morgan fingerprint density at radius 2 is 1.47 bits per heavy atom. The molecule has 156 valence electrons. The van der Waals surface area contributed by atoms with E-state index in [9.17, 15) is 0 Å². The van der Waals surface area contributed by atoms with Gasteiger partial charge in [-0.2, -0.15) is 0 Å². The van der Waals surface area contributed by atoms with Gasteiger partial charge >= 0.3 is 6.98 Å². The zero-order valence-corrected chi connectivity index (χ0v) is 19.8. The largest absolute Gasteiger partial charge is 0.508 e. The third-order valence-corrected chi connectivity index (χ3v) is 6.49. The van der Waals surface area contributed by atoms with Crippen LogP contribution in [0, 0.1) is 6.92 Å². The lowest BCUT2D eigenvalue weighted by molar-refractivity contribution is -0.659. The first-order chi connectivity index (χ1) is 14.2. The minimum Gasteiger partial charge on any atom is -0.342 e. The van der Waals surface area contributed by atoms with E-state index in [1.54, 1.807) is 0 Å². The molecular weight excluding hydrogens is 365 g/mol. The maximum Gasteiger partial charge on any atom is 0.508 e. The Kier molecular flexibility index (Phi) is 5.29. The fourth-order valence-electron chi connectivity index (χ4n) is 5.09. The Morgan fingerprint density at radius 3 is 2.03 bits per heavy atom. The van der Waals surface area contributed by atoms with Crippen LogP contribution >= 0.6 is 0 Å². The van der Waals surface area contributed by atoms with Gasteiger partial charge in [0, 0.05) is 17.2 Å². The van der Waals surface area contributed by atoms with Crippen molar-refractivity contribution in [3.63, 3.8) is 0 Å². The average Bonchev–Trinajstić information content (AvgIpc) is 3.07. The van der Waals surface area contributed by atoms with Gasteiger partial charge in [0.15, 0.2) is 0 Å². The van der Waals surface area contributed by atoms with Crippen LogP contribution in [-0.4, -0.2) is 11.5 Å². The number of aromatic nitrogens is 2. The molecule has 2 aromatic carbocycles. The SMILES string of the molecule is Cc1cccc2c1-c1n(cc[n+]1C)B(C(C)C)N2c1c(C(C)C)cccc1C(C)C. The molecule has 0 N–H and O–H groups in total. The predicted octanol–water partition coefficient (Wildman–Crippen LogP) is 6.43. The number of anilines is 2. The summed E-state index contributed by atoms with van der Waals surface area (Å²) in [7, 11) is 2.16. The topological polar surface area (TPSA) is 12.0 Å². The molecule has 3 nitrogen and oxygen atoms in total. The van der Waals surface area contributed by atoms with Gasteiger partial charge in [0.1, 0.15) is 12.4 Å². The number of hydrogen-bond donors (Lipinski definition) is 0. The molecule has 0 saturated heterocycles. The highest BCUT2D eigenvalue weighted by molar-refractivity contribution is 6.66. The minimum atomic E-state index is 0.230. The van der Waals surface area contributed by atoms with Gasteiger partial charge in [-0.25, -0.2) is 4.57 Å². The van der Waals surface area contributed by atoms with E-state index in [-0.39, 0.29) is 6.98 Å². The van der Waals surface area contributed by atoms with Gasteiger partial charge in [-0.3, -0.25) is 4.48 Å². The molecule has 0 saturated carbocycles. The lowest BCUT2D eigenvalue weighted by Gasteiger charge is -2.39. The van der Waals surface area contributed by atoms with Gasteiger partial charge < -0.3 is 4.81 Å². The predicted molar refractivity (Wildman–Crippen MR) is 129 cm³/mol. The number of fused-ring (bicyclic) bond motifs is 3. The molecule has 0 unspecified atom stereocenters. The van der Waals surface area contributed by atoms with Crippen LogP contribution in [0.4, 0.5) is 11.4 Å². The van der Waals surface area contributed by atoms with E-state index in [1.165, 1.54) is 39.5 Å². The summed E-state index contributed by atoms with van der Waals surface area (Å²) in [6, 6.07) is 13.6. The molecule has 4 heteroatoms. The monoisotopic (exact) mass is 400 g/mol. The summed E-state index contributed by atoms with van der Waals surface area (Å²) in [6.45, 7) is 16.4. The molecule has 0 fully saturated rings. The molecule has 4 rings (SSSR count). The minimum absolute atomic E-state index is 0.230. The highest BCUT2D eigenvalue weighted by Crippen LogP contribution is 2.47. The molecule has 0 aliphatic carbocycles. The molecule has 0 spiro atoms. The number of para-hydroxylation sites is 1. The van der Waals surface area contributed by atoms with Crippen LogP contribution in [0.5, 0.6) is 0 Å². The van der Waals surface area contributed by atoms with E-state index in [4.69, 9.17) is 0 Å². The summed E-state index contributed by atoms with van der Waals surface area (Å²) in [6.07, 6.45) is 4.46. The fourth-order valence-corrected chi connectivity index (χ4v) is 5.09. The van der Waals surface area contributed by atoms with Crippen molar-refractivity contribution in [1.82, 2.24) is 4.48 Å². The number of nitrogens with zero attached hydrogens (tertiary/aromatic N) is 3. The van der Waals surface area contributed by atoms with E-state index < -0.39 is 0 Å². The van der Waals surface area contributed by atoms with Crippen molar-refractivity contribution in [2.45, 2.75) is 66.1 Å². The molecule has 2 heterocycles. The highest BCUT2D eigenvalue weighted by atomic mass is 15.2. The van der Waals surface area contributed by atoms with Gasteiger partial charge in [0.25, 0.3) is 5.82 Å². The molecule has 3 aromatic rings. The quantitative estimate of drug-likeness (QED) is 0.363. The van der Waals surface area contributed by atoms with Crippen molar-refractivity contribution in [3.05, 3.63) is 65.5 Å². The molecule has 0 bridgehead atoms. The zero-order valence-electron chi connectivity index (χ0n) is 19.8. The summed E-state index contributed by atoms with van der Waals surface area (Å²) < 4.78 is 4.76. The maximum atomic E-state index is 2.64. The van der Waals surface area contributed by atoms with Crippen LogP contribution in [0.3, 0.4) is 0 Å². The number of hydrogen-bond acceptors (Lipinski definition) is 1. The van der Waals surface area contributed by atoms with Crippen LogP contribution < -0.4 is 9.38 Å². The Bertz CT molecular complexity index is 1050. The van der Waals surface area contributed by atoms with Crippen LogP contribution in [0.1, 0.15) is 70.1 Å². The van der Waals surface area contributed by atoms with Crippen LogP contribution in [0.2, 0.25) is 5.82 Å². The molecule has 0 amide bonds. The van der Waals surface area contributed by atoms with Gasteiger partial charge in [0.2, 0.25) is 0 Å². The van der Waals surface area contributed by atoms with Crippen molar-refractivity contribution < 1.29 is 4.57 Å². The molecule has 0 atom stereocenters. The van der Waals surface area contributed by atoms with E-state index in [0.29, 0.717) is 17.7 Å². The van der Waals surface area contributed by atoms with Crippen molar-refractivity contribution in [2.75, 3.05) is 4.81 Å². The van der Waals surface area contributed by atoms with Crippen LogP contribution in [-0.2, 0) is 7.05 Å². The number of rotatable bonds is 4. The van der Waals surface area contributed by atoms with E-state index in [1.807, 2.05) is 0 Å². The second-order valence-electron chi connectivity index (χ2n) is 9.73. The zero-order chi connectivity index (χ0) is 21.7. The Morgan fingerprint density at radius 1 is 0.867 bits per heavy atom. The van der Waals surface area contributed by atoms with Gasteiger partial charge in [-0.1, -0.05) is 71.9 Å². The third-order valence-electron chi connectivity index (χ3n) is 6.49. The first-order valence-electron chi connectivity index (χ1n) is 11.3. The number of imidazole rings is 1. The number of benzene rings is 2. The molecule has 1 aromatic heterocycles. The van der Waals surface area contributed by atoms with Crippen molar-refractivity contribution >= 4 is 18.4 Å². The summed E-state index contributed by atoms with van der Waals surface area (Å²) in [5.74, 6) is 2.67. The first kappa shape index (κ1) is 20.8. The molecule has 1 aliphatic heterocycles. The Balaban J connectivity index is 2.12. The normalized spacial score (nSPS) is 13.4. The Labute approximate surface area is 182 Å². The van der Waals surface area contributed by atoms with Crippen molar-refractivity contribution in [1.29, 1.82) is 0 Å². The average molecular weight is 400 g/mol. The lowest BCUT2D eigenvalue weighted by atomic mass is 9.59. The van der Waals surface area contributed by atoms with Gasteiger partial charge in [-0.05, 0) is 41.5 Å². The molecule has 30 heavy (non-hydrogen) atoms. The van der Waals surface area contributed by atoms with E-state index in [0.717, 1.165) is 0 Å². The molecular formula is C26H35BN3+. The fraction of sp³-hybridized carbons (Fsp3) is 0.423. The smallest absolute Gasteiger partial charge is 0.342 e. The summed E-state index contributed by atoms with van der Waals surface area (Å²) in [5.41, 5.74) is 8.25. The maximum absolute atomic E-state index is 2.64. The summed E-state index contributed by atoms with van der Waals surface area (Å²) in [4.78, 5) is 2.64. The van der Waals surface area contributed by atoms with E-state index >= 15 is 0 Å². The second kappa shape index (κ2) is 7.65. The molecule has 1 aliphatic rings. The van der Waals surface area contributed by atoms with Crippen molar-refractivity contribution in [2.24, 2.45) is 7.05 Å². The molecule has 0 radical (unpaired) electrons.